The van der Waals surface area contributed by atoms with Crippen LogP contribution in [-0.2, 0) is 4.79 Å². The summed E-state index contributed by atoms with van der Waals surface area (Å²) < 4.78 is 0. The number of amides is 2. The van der Waals surface area contributed by atoms with Crippen molar-refractivity contribution < 1.29 is 9.59 Å². The highest BCUT2D eigenvalue weighted by atomic mass is 16.2. The molecule has 6 heteroatoms. The van der Waals surface area contributed by atoms with E-state index in [0.717, 1.165) is 36.8 Å². The third kappa shape index (κ3) is 4.32. The summed E-state index contributed by atoms with van der Waals surface area (Å²) in [6, 6.07) is 18.5. The molecule has 6 nitrogen and oxygen atoms in total. The van der Waals surface area contributed by atoms with Crippen molar-refractivity contribution >= 4 is 28.4 Å². The van der Waals surface area contributed by atoms with Gasteiger partial charge in [-0.25, -0.2) is 0 Å². The Morgan fingerprint density at radius 3 is 2.53 bits per heavy atom. The molecule has 0 saturated carbocycles. The number of hydrogen-bond acceptors (Lipinski definition) is 3. The van der Waals surface area contributed by atoms with Crippen LogP contribution >= 0.6 is 0 Å². The zero-order chi connectivity index (χ0) is 20.9. The number of hydrogen-bond donors (Lipinski definition) is 2. The van der Waals surface area contributed by atoms with Gasteiger partial charge in [0.05, 0.1) is 5.56 Å². The molecule has 156 valence electrons. The standard InChI is InChI=1S/C24H28N4O2/c1-27(18-7-3-2-4-8-18)19-12-15-28(16-13-19)23(29)11-14-25-24(30)21-17-26-22-10-6-5-9-20(21)22/h2-10,17,19,26H,11-16H2,1H3,(H,25,30). The summed E-state index contributed by atoms with van der Waals surface area (Å²) in [4.78, 5) is 32.4. The number of nitrogens with one attached hydrogen (secondary N) is 2. The third-order valence-electron chi connectivity index (χ3n) is 5.99. The monoisotopic (exact) mass is 404 g/mol. The maximum atomic E-state index is 12.6. The fourth-order valence-electron chi connectivity index (χ4n) is 4.17. The van der Waals surface area contributed by atoms with E-state index in [0.29, 0.717) is 24.6 Å². The van der Waals surface area contributed by atoms with Crippen molar-refractivity contribution in [1.29, 1.82) is 0 Å². The molecule has 0 aliphatic carbocycles. The van der Waals surface area contributed by atoms with Crippen molar-refractivity contribution in [3.8, 4) is 0 Å². The topological polar surface area (TPSA) is 68.4 Å². The summed E-state index contributed by atoms with van der Waals surface area (Å²) in [7, 11) is 2.12. The Morgan fingerprint density at radius 2 is 1.77 bits per heavy atom. The Hall–Kier alpha value is -3.28. The first-order valence-corrected chi connectivity index (χ1v) is 10.5. The third-order valence-corrected chi connectivity index (χ3v) is 5.99. The van der Waals surface area contributed by atoms with Crippen LogP contribution in [0.25, 0.3) is 10.9 Å². The number of H-pyrrole nitrogens is 1. The molecule has 1 aromatic heterocycles. The Kier molecular flexibility index (Phi) is 6.02. The minimum Gasteiger partial charge on any atom is -0.371 e. The highest BCUT2D eigenvalue weighted by Crippen LogP contribution is 2.22. The van der Waals surface area contributed by atoms with Gasteiger partial charge in [0.2, 0.25) is 5.91 Å². The quantitative estimate of drug-likeness (QED) is 0.662. The van der Waals surface area contributed by atoms with Gasteiger partial charge in [-0.2, -0.15) is 0 Å². The number of anilines is 1. The number of aromatic nitrogens is 1. The minimum atomic E-state index is -0.150. The van der Waals surface area contributed by atoms with Crippen LogP contribution in [0.1, 0.15) is 29.6 Å². The van der Waals surface area contributed by atoms with E-state index in [4.69, 9.17) is 0 Å². The zero-order valence-electron chi connectivity index (χ0n) is 17.3. The van der Waals surface area contributed by atoms with E-state index >= 15 is 0 Å². The summed E-state index contributed by atoms with van der Waals surface area (Å²) in [5.41, 5.74) is 2.76. The average molecular weight is 405 g/mol. The van der Waals surface area contributed by atoms with Gasteiger partial charge in [-0.05, 0) is 31.0 Å². The van der Waals surface area contributed by atoms with Crippen molar-refractivity contribution in [2.24, 2.45) is 0 Å². The van der Waals surface area contributed by atoms with E-state index in [1.807, 2.05) is 35.2 Å². The van der Waals surface area contributed by atoms with Crippen molar-refractivity contribution in [2.45, 2.75) is 25.3 Å². The summed E-state index contributed by atoms with van der Waals surface area (Å²) in [5.74, 6) is -0.0431. The second-order valence-electron chi connectivity index (χ2n) is 7.81. The van der Waals surface area contributed by atoms with E-state index in [1.165, 1.54) is 5.69 Å². The number of carbonyl (C=O) groups excluding carboxylic acids is 2. The molecule has 30 heavy (non-hydrogen) atoms. The fourth-order valence-corrected chi connectivity index (χ4v) is 4.17. The van der Waals surface area contributed by atoms with Gasteiger partial charge in [-0.3, -0.25) is 9.59 Å². The van der Waals surface area contributed by atoms with Gasteiger partial charge in [0, 0.05) is 61.9 Å². The fraction of sp³-hybridized carbons (Fsp3) is 0.333. The Bertz CT molecular complexity index is 1010. The molecular formula is C24H28N4O2. The molecule has 0 bridgehead atoms. The van der Waals surface area contributed by atoms with Gasteiger partial charge in [0.25, 0.3) is 5.91 Å². The Morgan fingerprint density at radius 1 is 1.07 bits per heavy atom. The van der Waals surface area contributed by atoms with Crippen molar-refractivity contribution in [3.05, 3.63) is 66.4 Å². The first-order valence-electron chi connectivity index (χ1n) is 10.5. The zero-order valence-corrected chi connectivity index (χ0v) is 17.3. The highest BCUT2D eigenvalue weighted by molar-refractivity contribution is 6.06. The number of para-hydroxylation sites is 2. The van der Waals surface area contributed by atoms with Gasteiger partial charge < -0.3 is 20.1 Å². The van der Waals surface area contributed by atoms with Crippen molar-refractivity contribution in [1.82, 2.24) is 15.2 Å². The van der Waals surface area contributed by atoms with Crippen LogP contribution in [-0.4, -0.2) is 54.4 Å². The number of piperidine rings is 1. The molecule has 2 heterocycles. The molecule has 4 rings (SSSR count). The molecule has 0 atom stereocenters. The number of likely N-dealkylation sites (tertiary alicyclic amines) is 1. The van der Waals surface area contributed by atoms with Crippen LogP contribution in [0.2, 0.25) is 0 Å². The van der Waals surface area contributed by atoms with E-state index in [2.05, 4.69) is 46.5 Å². The van der Waals surface area contributed by atoms with Crippen LogP contribution in [0.5, 0.6) is 0 Å². The molecule has 3 aromatic rings. The van der Waals surface area contributed by atoms with Crippen molar-refractivity contribution in [2.75, 3.05) is 31.6 Å². The molecule has 0 spiro atoms. The second kappa shape index (κ2) is 9.03. The summed E-state index contributed by atoms with van der Waals surface area (Å²) in [5, 5.41) is 3.78. The lowest BCUT2D eigenvalue weighted by atomic mass is 10.0. The van der Waals surface area contributed by atoms with Crippen LogP contribution in [0.15, 0.2) is 60.8 Å². The molecule has 1 fully saturated rings. The minimum absolute atomic E-state index is 0.107. The molecule has 1 aliphatic heterocycles. The lowest BCUT2D eigenvalue weighted by molar-refractivity contribution is -0.132. The maximum absolute atomic E-state index is 12.6. The lowest BCUT2D eigenvalue weighted by Crippen LogP contribution is -2.46. The Balaban J connectivity index is 1.23. The summed E-state index contributed by atoms with van der Waals surface area (Å²) >= 11 is 0. The number of nitrogens with zero attached hydrogens (tertiary/aromatic N) is 2. The predicted molar refractivity (Wildman–Crippen MR) is 120 cm³/mol. The highest BCUT2D eigenvalue weighted by Gasteiger charge is 2.25. The largest absolute Gasteiger partial charge is 0.371 e. The van der Waals surface area contributed by atoms with Crippen LogP contribution in [0, 0.1) is 0 Å². The number of benzene rings is 2. The molecular weight excluding hydrogens is 376 g/mol. The van der Waals surface area contributed by atoms with E-state index in [9.17, 15) is 9.59 Å². The second-order valence-corrected chi connectivity index (χ2v) is 7.81. The molecule has 1 aliphatic rings. The smallest absolute Gasteiger partial charge is 0.253 e. The van der Waals surface area contributed by atoms with Crippen molar-refractivity contribution in [3.63, 3.8) is 0 Å². The van der Waals surface area contributed by atoms with E-state index < -0.39 is 0 Å². The molecule has 2 N–H and O–H groups in total. The SMILES string of the molecule is CN(c1ccccc1)C1CCN(C(=O)CCNC(=O)c2c[nH]c3ccccc23)CC1. The molecule has 2 aromatic carbocycles. The summed E-state index contributed by atoms with van der Waals surface area (Å²) in [6.45, 7) is 1.87. The van der Waals surface area contributed by atoms with Crippen LogP contribution < -0.4 is 10.2 Å². The normalized spacial score (nSPS) is 14.6. The van der Waals surface area contributed by atoms with Gasteiger partial charge in [-0.1, -0.05) is 36.4 Å². The van der Waals surface area contributed by atoms with E-state index in [-0.39, 0.29) is 11.8 Å². The van der Waals surface area contributed by atoms with Gasteiger partial charge in [-0.15, -0.1) is 0 Å². The number of fused-ring (bicyclic) bond motifs is 1. The Labute approximate surface area is 176 Å². The van der Waals surface area contributed by atoms with Crippen LogP contribution in [0.4, 0.5) is 5.69 Å². The summed E-state index contributed by atoms with van der Waals surface area (Å²) in [6.07, 6.45) is 3.96. The molecule has 1 saturated heterocycles. The average Bonchev–Trinajstić information content (AvgIpc) is 3.23. The van der Waals surface area contributed by atoms with Gasteiger partial charge in [0.1, 0.15) is 0 Å². The molecule has 0 radical (unpaired) electrons. The maximum Gasteiger partial charge on any atom is 0.253 e. The number of rotatable bonds is 6. The molecule has 2 amide bonds. The molecule has 0 unspecified atom stereocenters. The van der Waals surface area contributed by atoms with Gasteiger partial charge in [0.15, 0.2) is 0 Å². The number of aromatic amines is 1. The first kappa shape index (κ1) is 20.0. The van der Waals surface area contributed by atoms with Gasteiger partial charge >= 0.3 is 0 Å². The predicted octanol–water partition coefficient (Wildman–Crippen LogP) is 3.42. The van der Waals surface area contributed by atoms with Crippen LogP contribution in [0.3, 0.4) is 0 Å². The lowest BCUT2D eigenvalue weighted by Gasteiger charge is -2.38. The first-order chi connectivity index (χ1) is 14.6. The van der Waals surface area contributed by atoms with E-state index in [1.54, 1.807) is 6.20 Å². The number of carbonyl (C=O) groups is 2.